The van der Waals surface area contributed by atoms with Crippen LogP contribution in [-0.4, -0.2) is 33.7 Å². The Kier molecular flexibility index (Phi) is 6.04. The Balaban J connectivity index is 1.81. The van der Waals surface area contributed by atoms with Crippen molar-refractivity contribution in [1.29, 1.82) is 0 Å². The maximum atomic E-state index is 12.7. The summed E-state index contributed by atoms with van der Waals surface area (Å²) in [7, 11) is -6.30. The molecule has 0 aliphatic carbocycles. The topological polar surface area (TPSA) is 119 Å². The van der Waals surface area contributed by atoms with Gasteiger partial charge in [-0.1, -0.05) is 12.1 Å². The molecule has 0 aliphatic heterocycles. The molecule has 2 N–H and O–H groups in total. The maximum Gasteiger partial charge on any atom is 0.265 e. The molecule has 1 aromatic heterocycles. The van der Waals surface area contributed by atoms with Gasteiger partial charge in [0.1, 0.15) is 10.6 Å². The zero-order chi connectivity index (χ0) is 21.9. The summed E-state index contributed by atoms with van der Waals surface area (Å²) in [6, 6.07) is 12.0. The second-order valence-corrected chi connectivity index (χ2v) is 9.68. The van der Waals surface area contributed by atoms with Crippen molar-refractivity contribution in [3.05, 3.63) is 60.4 Å². The molecule has 0 aliphatic rings. The molecule has 0 unspecified atom stereocenters. The van der Waals surface area contributed by atoms with Crippen LogP contribution in [0.5, 0.6) is 5.75 Å². The fraction of sp³-hybridized carbons (Fsp3) is 0.211. The van der Waals surface area contributed by atoms with Crippen LogP contribution < -0.4 is 14.2 Å². The lowest BCUT2D eigenvalue weighted by Gasteiger charge is -2.12. The van der Waals surface area contributed by atoms with Crippen LogP contribution in [-0.2, 0) is 26.6 Å². The van der Waals surface area contributed by atoms with Gasteiger partial charge < -0.3 is 4.74 Å². The molecule has 0 spiro atoms. The van der Waals surface area contributed by atoms with E-state index in [2.05, 4.69) is 14.5 Å². The van der Waals surface area contributed by atoms with Crippen molar-refractivity contribution in [2.75, 3.05) is 16.6 Å². The van der Waals surface area contributed by atoms with Gasteiger partial charge in [-0.15, -0.1) is 0 Å². The van der Waals surface area contributed by atoms with Gasteiger partial charge in [0.05, 0.1) is 29.6 Å². The quantitative estimate of drug-likeness (QED) is 0.545. The Morgan fingerprint density at radius 1 is 0.967 bits per heavy atom. The van der Waals surface area contributed by atoms with Crippen LogP contribution in [0, 0.1) is 6.92 Å². The number of aromatic nitrogens is 2. The lowest BCUT2D eigenvalue weighted by Crippen LogP contribution is -2.15. The van der Waals surface area contributed by atoms with E-state index < -0.39 is 20.0 Å². The summed E-state index contributed by atoms with van der Waals surface area (Å²) < 4.78 is 62.2. The van der Waals surface area contributed by atoms with E-state index in [0.29, 0.717) is 23.7 Å². The largest absolute Gasteiger partial charge is 0.495 e. The standard InChI is InChI=1S/C19H22N4O5S2/c1-4-23-14(2)19(13-20-23)30(26,27)21-15-9-11-16(12-10-15)29(24,25)22-17-7-5-6-8-18(17)28-3/h5-13,21-22H,4H2,1-3H3. The highest BCUT2D eigenvalue weighted by atomic mass is 32.2. The summed E-state index contributed by atoms with van der Waals surface area (Å²) in [5, 5.41) is 4.04. The number of aryl methyl sites for hydroxylation is 1. The number of sulfonamides is 2. The molecule has 160 valence electrons. The molecule has 1 heterocycles. The number of hydrogen-bond acceptors (Lipinski definition) is 6. The van der Waals surface area contributed by atoms with Gasteiger partial charge in [-0.2, -0.15) is 5.10 Å². The van der Waals surface area contributed by atoms with Gasteiger partial charge in [0.25, 0.3) is 20.0 Å². The van der Waals surface area contributed by atoms with Gasteiger partial charge in [-0.05, 0) is 50.2 Å². The van der Waals surface area contributed by atoms with E-state index in [0.717, 1.165) is 0 Å². The number of nitrogens with one attached hydrogen (secondary N) is 2. The molecule has 9 nitrogen and oxygen atoms in total. The molecule has 3 rings (SSSR count). The summed E-state index contributed by atoms with van der Waals surface area (Å²) in [5.74, 6) is 0.383. The summed E-state index contributed by atoms with van der Waals surface area (Å²) in [6.07, 6.45) is 1.29. The van der Waals surface area contributed by atoms with Crippen LogP contribution in [0.3, 0.4) is 0 Å². The van der Waals surface area contributed by atoms with Crippen molar-refractivity contribution >= 4 is 31.4 Å². The van der Waals surface area contributed by atoms with Crippen molar-refractivity contribution in [3.63, 3.8) is 0 Å². The highest BCUT2D eigenvalue weighted by molar-refractivity contribution is 7.93. The van der Waals surface area contributed by atoms with E-state index in [1.807, 2.05) is 6.92 Å². The molecule has 0 atom stereocenters. The number of para-hydroxylation sites is 2. The Morgan fingerprint density at radius 2 is 1.63 bits per heavy atom. The van der Waals surface area contributed by atoms with Crippen LogP contribution in [0.2, 0.25) is 0 Å². The second kappa shape index (κ2) is 8.36. The van der Waals surface area contributed by atoms with Gasteiger partial charge in [0.2, 0.25) is 0 Å². The molecule has 3 aromatic rings. The number of methoxy groups -OCH3 is 1. The van der Waals surface area contributed by atoms with E-state index in [1.165, 1.54) is 37.6 Å². The Labute approximate surface area is 175 Å². The predicted octanol–water partition coefficient (Wildman–Crippen LogP) is 2.82. The van der Waals surface area contributed by atoms with E-state index in [1.54, 1.807) is 35.9 Å². The number of rotatable bonds is 8. The third kappa shape index (κ3) is 4.41. The van der Waals surface area contributed by atoms with Crippen molar-refractivity contribution in [2.24, 2.45) is 0 Å². The minimum absolute atomic E-state index is 0.0219. The Morgan fingerprint density at radius 3 is 2.23 bits per heavy atom. The number of nitrogens with zero attached hydrogens (tertiary/aromatic N) is 2. The SMILES string of the molecule is CCn1ncc(S(=O)(=O)Nc2ccc(S(=O)(=O)Nc3ccccc3OC)cc2)c1C. The average Bonchev–Trinajstić information content (AvgIpc) is 3.09. The fourth-order valence-corrected chi connectivity index (χ4v) is 5.16. The summed E-state index contributed by atoms with van der Waals surface area (Å²) in [5.41, 5.74) is 1.05. The number of anilines is 2. The minimum Gasteiger partial charge on any atom is -0.495 e. The summed E-state index contributed by atoms with van der Waals surface area (Å²) in [4.78, 5) is 0.0465. The van der Waals surface area contributed by atoms with E-state index in [9.17, 15) is 16.8 Å². The monoisotopic (exact) mass is 450 g/mol. The number of ether oxygens (including phenoxy) is 1. The molecular formula is C19H22N4O5S2. The Bertz CT molecular complexity index is 1250. The minimum atomic E-state index is -3.89. The molecule has 0 saturated carbocycles. The molecular weight excluding hydrogens is 428 g/mol. The predicted molar refractivity (Wildman–Crippen MR) is 114 cm³/mol. The van der Waals surface area contributed by atoms with Crippen molar-refractivity contribution in [1.82, 2.24) is 9.78 Å². The van der Waals surface area contributed by atoms with Crippen LogP contribution in [0.25, 0.3) is 0 Å². The lowest BCUT2D eigenvalue weighted by atomic mass is 10.3. The van der Waals surface area contributed by atoms with Crippen molar-refractivity contribution < 1.29 is 21.6 Å². The van der Waals surface area contributed by atoms with E-state index in [-0.39, 0.29) is 15.5 Å². The third-order valence-electron chi connectivity index (χ3n) is 4.42. The zero-order valence-electron chi connectivity index (χ0n) is 16.7. The third-order valence-corrected chi connectivity index (χ3v) is 7.28. The van der Waals surface area contributed by atoms with E-state index in [4.69, 9.17) is 4.74 Å². The molecule has 30 heavy (non-hydrogen) atoms. The van der Waals surface area contributed by atoms with Crippen LogP contribution >= 0.6 is 0 Å². The number of hydrogen-bond donors (Lipinski definition) is 2. The normalized spacial score (nSPS) is 11.8. The van der Waals surface area contributed by atoms with Crippen LogP contribution in [0.15, 0.2) is 64.5 Å². The lowest BCUT2D eigenvalue weighted by molar-refractivity contribution is 0.417. The van der Waals surface area contributed by atoms with Gasteiger partial charge in [-0.25, -0.2) is 16.8 Å². The van der Waals surface area contributed by atoms with Crippen molar-refractivity contribution in [3.8, 4) is 5.75 Å². The molecule has 0 fully saturated rings. The smallest absolute Gasteiger partial charge is 0.265 e. The van der Waals surface area contributed by atoms with Gasteiger partial charge in [0.15, 0.2) is 0 Å². The van der Waals surface area contributed by atoms with Gasteiger partial charge >= 0.3 is 0 Å². The highest BCUT2D eigenvalue weighted by Crippen LogP contribution is 2.27. The summed E-state index contributed by atoms with van der Waals surface area (Å²) >= 11 is 0. The van der Waals surface area contributed by atoms with Crippen molar-refractivity contribution in [2.45, 2.75) is 30.2 Å². The van der Waals surface area contributed by atoms with Crippen LogP contribution in [0.1, 0.15) is 12.6 Å². The summed E-state index contributed by atoms with van der Waals surface area (Å²) in [6.45, 7) is 4.08. The number of benzene rings is 2. The molecule has 0 radical (unpaired) electrons. The first-order valence-corrected chi connectivity index (χ1v) is 12.0. The fourth-order valence-electron chi connectivity index (χ4n) is 2.86. The first-order valence-electron chi connectivity index (χ1n) is 8.99. The van der Waals surface area contributed by atoms with E-state index >= 15 is 0 Å². The Hall–Kier alpha value is -3.05. The maximum absolute atomic E-state index is 12.7. The molecule has 2 aromatic carbocycles. The van der Waals surface area contributed by atoms with Gasteiger partial charge in [0, 0.05) is 12.2 Å². The molecule has 0 amide bonds. The zero-order valence-corrected chi connectivity index (χ0v) is 18.3. The first-order chi connectivity index (χ1) is 14.2. The highest BCUT2D eigenvalue weighted by Gasteiger charge is 2.21. The average molecular weight is 451 g/mol. The molecule has 0 saturated heterocycles. The molecule has 11 heteroatoms. The van der Waals surface area contributed by atoms with Gasteiger partial charge in [-0.3, -0.25) is 14.1 Å². The first kappa shape index (κ1) is 21.7. The second-order valence-electron chi connectivity index (χ2n) is 6.35. The van der Waals surface area contributed by atoms with Crippen LogP contribution in [0.4, 0.5) is 11.4 Å². The molecule has 0 bridgehead atoms.